The number of hydrogen-bond acceptors (Lipinski definition) is 5. The van der Waals surface area contributed by atoms with Gasteiger partial charge in [0.2, 0.25) is 0 Å². The molecule has 0 bridgehead atoms. The fraction of sp³-hybridized carbons (Fsp3) is 0.0833. The molecule has 0 aliphatic rings. The molecule has 5 nitrogen and oxygen atoms in total. The van der Waals surface area contributed by atoms with E-state index < -0.39 is 29.4 Å². The number of aromatic nitrogens is 1. The molecule has 184 valence electrons. The number of azo groups is 1. The Morgan fingerprint density at radius 1 is 0.806 bits per heavy atom. The molecule has 0 spiro atoms. The average molecular weight is 520 g/mol. The lowest BCUT2D eigenvalue weighted by molar-refractivity contribution is -0.138. The minimum absolute atomic E-state index is 0.00530. The molecule has 3 aromatic carbocycles. The van der Waals surface area contributed by atoms with Crippen molar-refractivity contribution in [3.63, 3.8) is 0 Å². The maximum atomic E-state index is 12.9. The molecule has 36 heavy (non-hydrogen) atoms. The Bertz CT molecular complexity index is 1410. The van der Waals surface area contributed by atoms with Crippen LogP contribution in [-0.4, -0.2) is 10.9 Å². The fourth-order valence-corrected chi connectivity index (χ4v) is 3.79. The largest absolute Gasteiger partial charge is 0.416 e. The number of benzene rings is 3. The lowest BCUT2D eigenvalue weighted by atomic mass is 9.98. The minimum atomic E-state index is -4.51. The molecule has 0 saturated carbocycles. The highest BCUT2D eigenvalue weighted by atomic mass is 32.1. The van der Waals surface area contributed by atoms with Crippen LogP contribution in [0.4, 0.5) is 42.2 Å². The normalized spacial score (nSPS) is 12.2. The molecule has 0 saturated heterocycles. The van der Waals surface area contributed by atoms with Crippen molar-refractivity contribution in [1.82, 2.24) is 4.98 Å². The fourth-order valence-electron chi connectivity index (χ4n) is 3.16. The smallest absolute Gasteiger partial charge is 0.298 e. The Morgan fingerprint density at radius 2 is 1.50 bits per heavy atom. The molecule has 1 N–H and O–H groups in total. The number of halogens is 6. The van der Waals surface area contributed by atoms with Crippen LogP contribution in [0, 0.1) is 0 Å². The highest BCUT2D eigenvalue weighted by molar-refractivity contribution is 7.19. The van der Waals surface area contributed by atoms with Gasteiger partial charge in [0.1, 0.15) is 0 Å². The van der Waals surface area contributed by atoms with Gasteiger partial charge in [-0.25, -0.2) is 4.98 Å². The predicted molar refractivity (Wildman–Crippen MR) is 123 cm³/mol. The zero-order valence-corrected chi connectivity index (χ0v) is 18.7. The summed E-state index contributed by atoms with van der Waals surface area (Å²) in [4.78, 5) is 16.9. The molecule has 12 heteroatoms. The highest BCUT2D eigenvalue weighted by Gasteiger charge is 2.31. The second kappa shape index (κ2) is 9.90. The number of anilines is 1. The molecule has 0 aliphatic carbocycles. The van der Waals surface area contributed by atoms with Crippen molar-refractivity contribution < 1.29 is 31.1 Å². The van der Waals surface area contributed by atoms with Gasteiger partial charge in [0.25, 0.3) is 5.91 Å². The Labute approximate surface area is 204 Å². The first-order valence-electron chi connectivity index (χ1n) is 10.1. The third-order valence-corrected chi connectivity index (χ3v) is 5.64. The van der Waals surface area contributed by atoms with Gasteiger partial charge in [-0.1, -0.05) is 47.7 Å². The number of hydrogen-bond donors (Lipinski definition) is 1. The topological polar surface area (TPSA) is 66.7 Å². The van der Waals surface area contributed by atoms with Crippen molar-refractivity contribution in [2.24, 2.45) is 10.2 Å². The number of alkyl halides is 6. The number of amides is 1. The number of thiazole rings is 1. The van der Waals surface area contributed by atoms with Crippen LogP contribution in [0.1, 0.15) is 21.5 Å². The SMILES string of the molecule is O=C(Nc1ncc(N=Nc2cccc(C(F)(F)F)c2)s1)c1ccccc1-c1ccc(C(F)(F)F)cc1. The van der Waals surface area contributed by atoms with Gasteiger partial charge in [0.05, 0.1) is 23.0 Å². The van der Waals surface area contributed by atoms with Gasteiger partial charge in [-0.2, -0.15) is 26.3 Å². The lowest BCUT2D eigenvalue weighted by Crippen LogP contribution is -2.13. The van der Waals surface area contributed by atoms with Gasteiger partial charge < -0.3 is 0 Å². The van der Waals surface area contributed by atoms with Crippen LogP contribution in [0.15, 0.2) is 89.2 Å². The van der Waals surface area contributed by atoms with E-state index in [1.165, 1.54) is 36.5 Å². The van der Waals surface area contributed by atoms with E-state index in [1.54, 1.807) is 18.2 Å². The van der Waals surface area contributed by atoms with Crippen molar-refractivity contribution in [3.05, 3.63) is 95.7 Å². The Kier molecular flexibility index (Phi) is 6.88. The lowest BCUT2D eigenvalue weighted by Gasteiger charge is -2.11. The molecule has 4 rings (SSSR count). The van der Waals surface area contributed by atoms with Crippen LogP contribution < -0.4 is 5.32 Å². The van der Waals surface area contributed by atoms with Crippen molar-refractivity contribution in [2.75, 3.05) is 5.32 Å². The molecule has 1 amide bonds. The summed E-state index contributed by atoms with van der Waals surface area (Å²) < 4.78 is 77.1. The van der Waals surface area contributed by atoms with E-state index in [9.17, 15) is 31.1 Å². The first-order valence-corrected chi connectivity index (χ1v) is 11.0. The predicted octanol–water partition coefficient (Wildman–Crippen LogP) is 8.52. The monoisotopic (exact) mass is 520 g/mol. The molecule has 1 aromatic heterocycles. The van der Waals surface area contributed by atoms with Gasteiger partial charge in [-0.3, -0.25) is 10.1 Å². The van der Waals surface area contributed by atoms with Crippen molar-refractivity contribution in [3.8, 4) is 11.1 Å². The van der Waals surface area contributed by atoms with Crippen LogP contribution in [0.25, 0.3) is 11.1 Å². The van der Waals surface area contributed by atoms with Crippen LogP contribution in [-0.2, 0) is 12.4 Å². The van der Waals surface area contributed by atoms with Gasteiger partial charge in [-0.15, -0.1) is 10.2 Å². The Morgan fingerprint density at radius 3 is 2.19 bits per heavy atom. The summed E-state index contributed by atoms with van der Waals surface area (Å²) in [5, 5.41) is 10.6. The first-order chi connectivity index (χ1) is 17.0. The van der Waals surface area contributed by atoms with Gasteiger partial charge in [0, 0.05) is 5.56 Å². The van der Waals surface area contributed by atoms with Crippen LogP contribution in [0.5, 0.6) is 0 Å². The zero-order chi connectivity index (χ0) is 25.9. The summed E-state index contributed by atoms with van der Waals surface area (Å²) >= 11 is 0.941. The zero-order valence-electron chi connectivity index (χ0n) is 17.9. The van der Waals surface area contributed by atoms with Gasteiger partial charge >= 0.3 is 12.4 Å². The van der Waals surface area contributed by atoms with Crippen molar-refractivity contribution >= 4 is 33.1 Å². The van der Waals surface area contributed by atoms with Gasteiger partial charge in [0.15, 0.2) is 10.1 Å². The number of nitrogens with one attached hydrogen (secondary N) is 1. The number of nitrogens with zero attached hydrogens (tertiary/aromatic N) is 3. The Balaban J connectivity index is 1.49. The quantitative estimate of drug-likeness (QED) is 0.212. The number of carbonyl (C=O) groups is 1. The van der Waals surface area contributed by atoms with E-state index in [0.29, 0.717) is 11.1 Å². The van der Waals surface area contributed by atoms with Crippen LogP contribution in [0.3, 0.4) is 0 Å². The van der Waals surface area contributed by atoms with E-state index in [1.807, 2.05) is 0 Å². The third-order valence-electron chi connectivity index (χ3n) is 4.85. The molecule has 0 radical (unpaired) electrons. The van der Waals surface area contributed by atoms with Crippen molar-refractivity contribution in [1.29, 1.82) is 0 Å². The summed E-state index contributed by atoms with van der Waals surface area (Å²) in [5.74, 6) is -0.554. The standard InChI is InChI=1S/C24H14F6N4OS/c25-23(26,27)15-10-8-14(9-11-15)18-6-1-2-7-19(18)21(35)32-22-31-13-20(36-22)34-33-17-5-3-4-16(12-17)24(28,29)30/h1-13H,(H,31,32,35). The summed E-state index contributed by atoms with van der Waals surface area (Å²) in [5.41, 5.74) is -0.618. The molecule has 4 aromatic rings. The molecule has 0 atom stereocenters. The summed E-state index contributed by atoms with van der Waals surface area (Å²) in [6, 6.07) is 15.2. The van der Waals surface area contributed by atoms with E-state index in [0.717, 1.165) is 35.6 Å². The summed E-state index contributed by atoms with van der Waals surface area (Å²) in [6.07, 6.45) is -7.69. The molecule has 0 unspecified atom stereocenters. The second-order valence-electron chi connectivity index (χ2n) is 7.33. The first kappa shape index (κ1) is 25.0. The maximum absolute atomic E-state index is 12.9. The minimum Gasteiger partial charge on any atom is -0.298 e. The van der Waals surface area contributed by atoms with Crippen LogP contribution >= 0.6 is 11.3 Å². The van der Waals surface area contributed by atoms with E-state index >= 15 is 0 Å². The Hall–Kier alpha value is -4.06. The number of rotatable bonds is 5. The second-order valence-corrected chi connectivity index (χ2v) is 8.34. The van der Waals surface area contributed by atoms with E-state index in [4.69, 9.17) is 0 Å². The highest BCUT2D eigenvalue weighted by Crippen LogP contribution is 2.34. The molecular formula is C24H14F6N4OS. The molecule has 1 heterocycles. The summed E-state index contributed by atoms with van der Waals surface area (Å²) in [6.45, 7) is 0. The average Bonchev–Trinajstić information content (AvgIpc) is 3.29. The van der Waals surface area contributed by atoms with Crippen LogP contribution in [0.2, 0.25) is 0 Å². The maximum Gasteiger partial charge on any atom is 0.416 e. The van der Waals surface area contributed by atoms with E-state index in [-0.39, 0.29) is 21.4 Å². The van der Waals surface area contributed by atoms with E-state index in [2.05, 4.69) is 20.5 Å². The molecular weight excluding hydrogens is 506 g/mol. The molecule has 0 aliphatic heterocycles. The third kappa shape index (κ3) is 5.95. The number of carbonyl (C=O) groups excluding carboxylic acids is 1. The summed E-state index contributed by atoms with van der Waals surface area (Å²) in [7, 11) is 0. The van der Waals surface area contributed by atoms with Crippen molar-refractivity contribution in [2.45, 2.75) is 12.4 Å². The van der Waals surface area contributed by atoms with Gasteiger partial charge in [-0.05, 0) is 47.5 Å². The molecule has 0 fully saturated rings.